The highest BCUT2D eigenvalue weighted by Gasteiger charge is 2.36. The Morgan fingerprint density at radius 2 is 0.672 bits per heavy atom. The van der Waals surface area contributed by atoms with Crippen LogP contribution in [0.15, 0.2) is 48.5 Å². The first-order valence-electron chi connectivity index (χ1n) is 15.0. The maximum atomic E-state index is 14.9. The number of nitrogens with zero attached hydrogens (tertiary/aromatic N) is 4. The average Bonchev–Trinajstić information content (AvgIpc) is 3.18. The summed E-state index contributed by atoms with van der Waals surface area (Å²) in [6.07, 6.45) is -11.0. The van der Waals surface area contributed by atoms with Gasteiger partial charge in [-0.3, -0.25) is 0 Å². The molecular formula is C38H8F16N4. The monoisotopic (exact) mass is 824 g/mol. The lowest BCUT2D eigenvalue weighted by Gasteiger charge is -2.17. The summed E-state index contributed by atoms with van der Waals surface area (Å²) in [6.45, 7) is 15.0. The predicted molar refractivity (Wildman–Crippen MR) is 168 cm³/mol. The molecular weight excluding hydrogens is 816 g/mol. The molecule has 5 rings (SSSR count). The SMILES string of the molecule is [C-]#[N+]/C(C#N)=c1/cc(-c2cc(-c3c(F)c(F)c(F)c(F)c3F)cc(C(F)(F)F)c2)/c(=C(\C#N)[N+]#[C-])cc1-c1cc(-c2c(F)c(F)c(F)c(F)c2F)cc(C(F)(F)F)c1. The van der Waals surface area contributed by atoms with E-state index in [4.69, 9.17) is 13.1 Å². The van der Waals surface area contributed by atoms with Crippen molar-refractivity contribution in [2.75, 3.05) is 0 Å². The van der Waals surface area contributed by atoms with Gasteiger partial charge in [0.25, 0.3) is 11.4 Å². The van der Waals surface area contributed by atoms with Gasteiger partial charge in [-0.1, -0.05) is 12.1 Å². The van der Waals surface area contributed by atoms with Crippen LogP contribution in [0.1, 0.15) is 11.1 Å². The lowest BCUT2D eigenvalue weighted by molar-refractivity contribution is -0.138. The molecule has 0 unspecified atom stereocenters. The molecule has 5 aromatic carbocycles. The fourth-order valence-corrected chi connectivity index (χ4v) is 5.66. The Labute approximate surface area is 312 Å². The van der Waals surface area contributed by atoms with Crippen molar-refractivity contribution < 1.29 is 70.2 Å². The van der Waals surface area contributed by atoms with Crippen molar-refractivity contribution in [3.05, 3.63) is 151 Å². The van der Waals surface area contributed by atoms with E-state index in [9.17, 15) is 80.8 Å². The van der Waals surface area contributed by atoms with Crippen LogP contribution in [-0.2, 0) is 12.4 Å². The van der Waals surface area contributed by atoms with Crippen molar-refractivity contribution in [3.63, 3.8) is 0 Å². The first-order valence-corrected chi connectivity index (χ1v) is 15.0. The van der Waals surface area contributed by atoms with Crippen molar-refractivity contribution in [2.45, 2.75) is 12.4 Å². The number of hydrogen-bond donors (Lipinski definition) is 0. The zero-order chi connectivity index (χ0) is 43.3. The van der Waals surface area contributed by atoms with E-state index in [1.54, 1.807) is 0 Å². The van der Waals surface area contributed by atoms with Crippen molar-refractivity contribution in [2.24, 2.45) is 0 Å². The molecule has 0 saturated carbocycles. The molecule has 20 heteroatoms. The Hall–Kier alpha value is -7.32. The summed E-state index contributed by atoms with van der Waals surface area (Å²) >= 11 is 0. The molecule has 0 bridgehead atoms. The van der Waals surface area contributed by atoms with E-state index in [0.717, 1.165) is 0 Å². The molecule has 0 radical (unpaired) electrons. The minimum atomic E-state index is -5.49. The van der Waals surface area contributed by atoms with E-state index >= 15 is 0 Å². The average molecular weight is 824 g/mol. The Kier molecular flexibility index (Phi) is 10.8. The predicted octanol–water partition coefficient (Wildman–Crippen LogP) is 10.9. The van der Waals surface area contributed by atoms with E-state index < -0.39 is 148 Å². The third kappa shape index (κ3) is 7.12. The van der Waals surface area contributed by atoms with Crippen molar-refractivity contribution in [1.82, 2.24) is 0 Å². The van der Waals surface area contributed by atoms with Crippen molar-refractivity contribution in [3.8, 4) is 56.6 Å². The number of nitriles is 2. The molecule has 0 aliphatic rings. The molecule has 0 amide bonds. The third-order valence-electron chi connectivity index (χ3n) is 8.24. The largest absolute Gasteiger partial charge is 0.416 e. The fourth-order valence-electron chi connectivity index (χ4n) is 5.66. The van der Waals surface area contributed by atoms with Crippen LogP contribution < -0.4 is 10.4 Å². The molecule has 0 N–H and O–H groups in total. The maximum absolute atomic E-state index is 14.9. The first-order chi connectivity index (χ1) is 27.0. The summed E-state index contributed by atoms with van der Waals surface area (Å²) in [5.41, 5.74) is -16.1. The topological polar surface area (TPSA) is 56.3 Å². The minimum Gasteiger partial charge on any atom is -0.226 e. The number of halogens is 16. The Morgan fingerprint density at radius 1 is 0.414 bits per heavy atom. The van der Waals surface area contributed by atoms with Gasteiger partial charge < -0.3 is 0 Å². The lowest BCUT2D eigenvalue weighted by atomic mass is 9.89. The van der Waals surface area contributed by atoms with Crippen LogP contribution in [0.25, 0.3) is 65.6 Å². The van der Waals surface area contributed by atoms with Crippen LogP contribution in [0.2, 0.25) is 0 Å². The standard InChI is InChI=1S/C38H8F16N4/c1-57-23(11-55)21-9-20(14-4-16(8-18(6-14)38(52,53)54)26-29(41)33(45)36(48)34(46)30(26)42)22(24(12-56)58-2)10-19(21)13-3-15(7-17(5-13)37(49,50)51)25-27(39)31(43)35(47)32(44)28(25)40/h3-10H/b23-21-,24-22+. The smallest absolute Gasteiger partial charge is 0.226 e. The minimum absolute atomic E-state index is 0.0456. The fraction of sp³-hybridized carbons (Fsp3) is 0.0526. The van der Waals surface area contributed by atoms with Crippen molar-refractivity contribution >= 4 is 11.4 Å². The van der Waals surface area contributed by atoms with E-state index in [1.165, 1.54) is 12.1 Å². The summed E-state index contributed by atoms with van der Waals surface area (Å²) in [5, 5.41) is 17.8. The van der Waals surface area contributed by atoms with Gasteiger partial charge in [0.15, 0.2) is 46.5 Å². The highest BCUT2D eigenvalue weighted by Crippen LogP contribution is 2.41. The second-order valence-electron chi connectivity index (χ2n) is 11.6. The molecule has 0 saturated heterocycles. The van der Waals surface area contributed by atoms with Gasteiger partial charge in [-0.25, -0.2) is 64.1 Å². The van der Waals surface area contributed by atoms with E-state index in [0.29, 0.717) is 24.3 Å². The van der Waals surface area contributed by atoms with E-state index in [2.05, 4.69) is 9.69 Å². The summed E-state index contributed by atoms with van der Waals surface area (Å²) in [6, 6.07) is 4.68. The van der Waals surface area contributed by atoms with Crippen LogP contribution in [0.3, 0.4) is 0 Å². The zero-order valence-corrected chi connectivity index (χ0v) is 27.5. The van der Waals surface area contributed by atoms with Gasteiger partial charge in [-0.2, -0.15) is 26.3 Å². The lowest BCUT2D eigenvalue weighted by Crippen LogP contribution is -2.19. The number of benzene rings is 5. The second kappa shape index (κ2) is 15.0. The van der Waals surface area contributed by atoms with Crippen LogP contribution >= 0.6 is 0 Å². The molecule has 0 aliphatic heterocycles. The van der Waals surface area contributed by atoms with Gasteiger partial charge in [0.1, 0.15) is 0 Å². The highest BCUT2D eigenvalue weighted by molar-refractivity contribution is 5.85. The van der Waals surface area contributed by atoms with E-state index in [-0.39, 0.29) is 24.3 Å². The van der Waals surface area contributed by atoms with Gasteiger partial charge in [0.2, 0.25) is 11.6 Å². The first kappa shape index (κ1) is 41.8. The van der Waals surface area contributed by atoms with Crippen LogP contribution in [0, 0.1) is 94.0 Å². The summed E-state index contributed by atoms with van der Waals surface area (Å²) < 4.78 is 229. The molecule has 58 heavy (non-hydrogen) atoms. The highest BCUT2D eigenvalue weighted by atomic mass is 19.4. The number of alkyl halides is 6. The number of hydrogen-bond acceptors (Lipinski definition) is 2. The Bertz CT molecular complexity index is 2630. The molecule has 4 nitrogen and oxygen atoms in total. The molecule has 0 aromatic heterocycles. The maximum Gasteiger partial charge on any atom is 0.416 e. The molecule has 0 atom stereocenters. The third-order valence-corrected chi connectivity index (χ3v) is 8.24. The summed E-state index contributed by atoms with van der Waals surface area (Å²) in [5.74, 6) is -26.1. The van der Waals surface area contributed by atoms with Gasteiger partial charge in [-0.05, 0) is 80.2 Å². The second-order valence-corrected chi connectivity index (χ2v) is 11.6. The summed E-state index contributed by atoms with van der Waals surface area (Å²) in [4.78, 5) is 5.78. The molecule has 0 aliphatic carbocycles. The van der Waals surface area contributed by atoms with Crippen molar-refractivity contribution in [1.29, 1.82) is 10.5 Å². The molecule has 0 fully saturated rings. The van der Waals surface area contributed by atoms with Crippen LogP contribution in [-0.4, -0.2) is 0 Å². The molecule has 0 spiro atoms. The van der Waals surface area contributed by atoms with Crippen LogP contribution in [0.4, 0.5) is 70.2 Å². The molecule has 0 heterocycles. The van der Waals surface area contributed by atoms with Crippen LogP contribution in [0.5, 0.6) is 0 Å². The van der Waals surface area contributed by atoms with Gasteiger partial charge in [0, 0.05) is 0 Å². The summed E-state index contributed by atoms with van der Waals surface area (Å²) in [7, 11) is 0. The molecule has 5 aromatic rings. The van der Waals surface area contributed by atoms with Gasteiger partial charge in [0.05, 0.1) is 47.5 Å². The molecule has 292 valence electrons. The van der Waals surface area contributed by atoms with E-state index in [1.807, 2.05) is 0 Å². The van der Waals surface area contributed by atoms with Gasteiger partial charge in [-0.15, -0.1) is 0 Å². The Morgan fingerprint density at radius 3 is 0.914 bits per heavy atom. The number of rotatable bonds is 4. The normalized spacial score (nSPS) is 12.6. The van der Waals surface area contributed by atoms with Gasteiger partial charge >= 0.3 is 12.4 Å². The zero-order valence-electron chi connectivity index (χ0n) is 27.5. The quantitative estimate of drug-likeness (QED) is 0.0785. The Balaban J connectivity index is 2.03.